The Hall–Kier alpha value is -2.14. The van der Waals surface area contributed by atoms with Crippen molar-refractivity contribution in [2.24, 2.45) is 0 Å². The van der Waals surface area contributed by atoms with Crippen LogP contribution in [0.4, 0.5) is 0 Å². The molecule has 3 aromatic rings. The van der Waals surface area contributed by atoms with Gasteiger partial charge in [-0.05, 0) is 35.6 Å². The van der Waals surface area contributed by atoms with Crippen molar-refractivity contribution in [3.8, 4) is 0 Å². The normalized spacial score (nSPS) is 10.8. The van der Waals surface area contributed by atoms with Gasteiger partial charge in [0.05, 0.1) is 6.42 Å². The minimum absolute atomic E-state index is 0.0282. The molecule has 3 rings (SSSR count). The van der Waals surface area contributed by atoms with E-state index in [4.69, 9.17) is 4.42 Å². The van der Waals surface area contributed by atoms with Crippen LogP contribution in [0.1, 0.15) is 10.4 Å². The summed E-state index contributed by atoms with van der Waals surface area (Å²) in [5.41, 5.74) is 2.46. The van der Waals surface area contributed by atoms with Crippen LogP contribution >= 0.6 is 11.3 Å². The van der Waals surface area contributed by atoms with Crippen LogP contribution in [0.2, 0.25) is 0 Å². The molecule has 102 valence electrons. The van der Waals surface area contributed by atoms with Crippen LogP contribution in [0, 0.1) is 0 Å². The average Bonchev–Trinajstić information content (AvgIpc) is 3.08. The Morgan fingerprint density at radius 1 is 1.35 bits per heavy atom. The van der Waals surface area contributed by atoms with Crippen LogP contribution in [0.15, 0.2) is 46.5 Å². The molecule has 0 bridgehead atoms. The Morgan fingerprint density at radius 2 is 2.30 bits per heavy atom. The lowest BCUT2D eigenvalue weighted by Gasteiger charge is -2.04. The Balaban J connectivity index is 1.52. The highest BCUT2D eigenvalue weighted by atomic mass is 32.1. The first kappa shape index (κ1) is 12.9. The standard InChI is InChI=1S/C15H14N2O2S/c18-15(16-6-5-12-2-1-7-20-12)9-11-3-4-13-14(8-11)19-10-17-13/h1-4,7-8,10H,5-6,9H2,(H,16,18). The molecule has 4 nitrogen and oxygen atoms in total. The van der Waals surface area contributed by atoms with Crippen LogP contribution in [0.25, 0.3) is 11.1 Å². The molecule has 1 amide bonds. The van der Waals surface area contributed by atoms with Crippen molar-refractivity contribution in [2.45, 2.75) is 12.8 Å². The zero-order valence-electron chi connectivity index (χ0n) is 10.8. The number of carbonyl (C=O) groups is 1. The van der Waals surface area contributed by atoms with Crippen LogP contribution in [-0.2, 0) is 17.6 Å². The fourth-order valence-electron chi connectivity index (χ4n) is 2.04. The van der Waals surface area contributed by atoms with Crippen molar-refractivity contribution in [1.82, 2.24) is 10.3 Å². The monoisotopic (exact) mass is 286 g/mol. The number of nitrogens with zero attached hydrogens (tertiary/aromatic N) is 1. The summed E-state index contributed by atoms with van der Waals surface area (Å²) in [6, 6.07) is 9.74. The first-order valence-corrected chi connectivity index (χ1v) is 7.30. The molecule has 0 radical (unpaired) electrons. The van der Waals surface area contributed by atoms with Gasteiger partial charge in [0, 0.05) is 11.4 Å². The van der Waals surface area contributed by atoms with Crippen LogP contribution in [-0.4, -0.2) is 17.4 Å². The second-order valence-corrected chi connectivity index (χ2v) is 5.54. The molecule has 2 aromatic heterocycles. The number of hydrogen-bond donors (Lipinski definition) is 1. The molecular weight excluding hydrogens is 272 g/mol. The highest BCUT2D eigenvalue weighted by Crippen LogP contribution is 2.14. The van der Waals surface area contributed by atoms with Gasteiger partial charge in [-0.25, -0.2) is 4.98 Å². The smallest absolute Gasteiger partial charge is 0.224 e. The Morgan fingerprint density at radius 3 is 3.15 bits per heavy atom. The lowest BCUT2D eigenvalue weighted by Crippen LogP contribution is -2.27. The first-order chi connectivity index (χ1) is 9.81. The lowest BCUT2D eigenvalue weighted by atomic mass is 10.1. The fourth-order valence-corrected chi connectivity index (χ4v) is 2.75. The maximum absolute atomic E-state index is 11.9. The molecule has 2 heterocycles. The van der Waals surface area contributed by atoms with Gasteiger partial charge >= 0.3 is 0 Å². The van der Waals surface area contributed by atoms with Gasteiger partial charge in [-0.2, -0.15) is 0 Å². The molecular formula is C15H14N2O2S. The van der Waals surface area contributed by atoms with E-state index in [0.717, 1.165) is 17.5 Å². The summed E-state index contributed by atoms with van der Waals surface area (Å²) in [5.74, 6) is 0.0282. The van der Waals surface area contributed by atoms with Gasteiger partial charge < -0.3 is 9.73 Å². The van der Waals surface area contributed by atoms with E-state index in [1.165, 1.54) is 11.3 Å². The molecule has 0 aliphatic heterocycles. The van der Waals surface area contributed by atoms with Gasteiger partial charge in [0.1, 0.15) is 5.52 Å². The quantitative estimate of drug-likeness (QED) is 0.784. The third kappa shape index (κ3) is 3.05. The predicted molar refractivity (Wildman–Crippen MR) is 78.7 cm³/mol. The molecule has 0 saturated heterocycles. The van der Waals surface area contributed by atoms with E-state index < -0.39 is 0 Å². The fraction of sp³-hybridized carbons (Fsp3) is 0.200. The Kier molecular flexibility index (Phi) is 3.78. The van der Waals surface area contributed by atoms with Crippen molar-refractivity contribution < 1.29 is 9.21 Å². The van der Waals surface area contributed by atoms with E-state index in [0.29, 0.717) is 18.5 Å². The number of rotatable bonds is 5. The zero-order chi connectivity index (χ0) is 13.8. The molecule has 0 aliphatic rings. The van der Waals surface area contributed by atoms with Crippen molar-refractivity contribution in [3.05, 3.63) is 52.5 Å². The van der Waals surface area contributed by atoms with E-state index in [-0.39, 0.29) is 5.91 Å². The van der Waals surface area contributed by atoms with E-state index in [9.17, 15) is 4.79 Å². The van der Waals surface area contributed by atoms with Crippen LogP contribution in [0.5, 0.6) is 0 Å². The number of thiophene rings is 1. The molecule has 1 aromatic carbocycles. The molecule has 0 fully saturated rings. The van der Waals surface area contributed by atoms with E-state index in [2.05, 4.69) is 16.4 Å². The number of aromatic nitrogens is 1. The number of fused-ring (bicyclic) bond motifs is 1. The molecule has 1 N–H and O–H groups in total. The zero-order valence-corrected chi connectivity index (χ0v) is 11.7. The van der Waals surface area contributed by atoms with Gasteiger partial charge in [-0.1, -0.05) is 12.1 Å². The third-order valence-corrected chi connectivity index (χ3v) is 3.97. The topological polar surface area (TPSA) is 55.1 Å². The molecule has 0 spiro atoms. The molecule has 0 aliphatic carbocycles. The summed E-state index contributed by atoms with van der Waals surface area (Å²) in [7, 11) is 0. The number of benzene rings is 1. The summed E-state index contributed by atoms with van der Waals surface area (Å²) in [5, 5.41) is 4.98. The summed E-state index contributed by atoms with van der Waals surface area (Å²) < 4.78 is 5.23. The van der Waals surface area contributed by atoms with E-state index in [1.807, 2.05) is 29.6 Å². The van der Waals surface area contributed by atoms with Gasteiger partial charge in [0.2, 0.25) is 5.91 Å². The third-order valence-electron chi connectivity index (χ3n) is 3.03. The van der Waals surface area contributed by atoms with Crippen LogP contribution < -0.4 is 5.32 Å². The van der Waals surface area contributed by atoms with E-state index >= 15 is 0 Å². The number of amides is 1. The number of nitrogens with one attached hydrogen (secondary N) is 1. The predicted octanol–water partition coefficient (Wildman–Crippen LogP) is 2.79. The second kappa shape index (κ2) is 5.88. The van der Waals surface area contributed by atoms with Crippen molar-refractivity contribution in [2.75, 3.05) is 6.54 Å². The molecule has 5 heteroatoms. The van der Waals surface area contributed by atoms with Gasteiger partial charge in [0.15, 0.2) is 12.0 Å². The molecule has 20 heavy (non-hydrogen) atoms. The Bertz CT molecular complexity index is 704. The van der Waals surface area contributed by atoms with Gasteiger partial charge in [-0.15, -0.1) is 11.3 Å². The molecule has 0 unspecified atom stereocenters. The lowest BCUT2D eigenvalue weighted by molar-refractivity contribution is -0.120. The number of carbonyl (C=O) groups excluding carboxylic acids is 1. The van der Waals surface area contributed by atoms with Crippen LogP contribution in [0.3, 0.4) is 0 Å². The highest BCUT2D eigenvalue weighted by Gasteiger charge is 2.06. The van der Waals surface area contributed by atoms with Crippen molar-refractivity contribution in [3.63, 3.8) is 0 Å². The number of hydrogen-bond acceptors (Lipinski definition) is 4. The van der Waals surface area contributed by atoms with Crippen molar-refractivity contribution in [1.29, 1.82) is 0 Å². The maximum atomic E-state index is 11.9. The van der Waals surface area contributed by atoms with Gasteiger partial charge in [-0.3, -0.25) is 4.79 Å². The molecule has 0 saturated carbocycles. The number of oxazole rings is 1. The molecule has 0 atom stereocenters. The average molecular weight is 286 g/mol. The van der Waals surface area contributed by atoms with E-state index in [1.54, 1.807) is 11.3 Å². The maximum Gasteiger partial charge on any atom is 0.224 e. The van der Waals surface area contributed by atoms with Gasteiger partial charge in [0.25, 0.3) is 0 Å². The minimum Gasteiger partial charge on any atom is -0.443 e. The Labute approximate surface area is 120 Å². The summed E-state index contributed by atoms with van der Waals surface area (Å²) in [6.45, 7) is 0.671. The largest absolute Gasteiger partial charge is 0.443 e. The summed E-state index contributed by atoms with van der Waals surface area (Å²) in [4.78, 5) is 17.2. The first-order valence-electron chi connectivity index (χ1n) is 6.42. The minimum atomic E-state index is 0.0282. The highest BCUT2D eigenvalue weighted by molar-refractivity contribution is 7.09. The SMILES string of the molecule is O=C(Cc1ccc2ncoc2c1)NCCc1cccs1. The second-order valence-electron chi connectivity index (χ2n) is 4.51. The van der Waals surface area contributed by atoms with Crippen molar-refractivity contribution >= 4 is 28.3 Å². The summed E-state index contributed by atoms with van der Waals surface area (Å²) in [6.07, 6.45) is 2.65. The summed E-state index contributed by atoms with van der Waals surface area (Å²) >= 11 is 1.71.